The number of rotatable bonds is 9. The average Bonchev–Trinajstić information content (AvgIpc) is 3.19. The Hall–Kier alpha value is -3.36. The van der Waals surface area contributed by atoms with Gasteiger partial charge in [0.25, 0.3) is 5.56 Å². The van der Waals surface area contributed by atoms with Crippen LogP contribution in [-0.2, 0) is 9.53 Å². The summed E-state index contributed by atoms with van der Waals surface area (Å²) in [5.41, 5.74) is 2.16. The minimum absolute atomic E-state index is 0.212. The Morgan fingerprint density at radius 2 is 1.92 bits per heavy atom. The maximum absolute atomic E-state index is 13.9. The van der Waals surface area contributed by atoms with Crippen LogP contribution in [0.25, 0.3) is 6.08 Å². The van der Waals surface area contributed by atoms with Crippen molar-refractivity contribution >= 4 is 35.0 Å². The zero-order valence-electron chi connectivity index (χ0n) is 21.2. The van der Waals surface area contributed by atoms with Crippen molar-refractivity contribution in [1.29, 1.82) is 0 Å². The maximum atomic E-state index is 13.9. The molecule has 0 spiro atoms. The first kappa shape index (κ1) is 26.7. The van der Waals surface area contributed by atoms with Crippen molar-refractivity contribution in [2.75, 3.05) is 20.3 Å². The van der Waals surface area contributed by atoms with Crippen LogP contribution < -0.4 is 24.4 Å². The molecule has 0 saturated heterocycles. The molecule has 0 radical (unpaired) electrons. The fourth-order valence-electron chi connectivity index (χ4n) is 4.34. The van der Waals surface area contributed by atoms with E-state index in [-0.39, 0.29) is 12.2 Å². The summed E-state index contributed by atoms with van der Waals surface area (Å²) in [6.45, 7) is 6.38. The third-order valence-electron chi connectivity index (χ3n) is 5.88. The van der Waals surface area contributed by atoms with E-state index in [1.54, 1.807) is 36.8 Å². The lowest BCUT2D eigenvalue weighted by atomic mass is 9.93. The van der Waals surface area contributed by atoms with E-state index < -0.39 is 12.0 Å². The highest BCUT2D eigenvalue weighted by molar-refractivity contribution is 7.07. The van der Waals surface area contributed by atoms with Crippen LogP contribution in [0.2, 0.25) is 5.02 Å². The number of aromatic nitrogens is 1. The standard InChI is InChI=1S/C28H29ClN2O5S/c1-5-10-20-24(27(33)36-7-3)25(18-11-8-9-12-21(18)34-4)31-26(32)23(37-28(31)30-20)16-17-13-14-22(35-6-2)19(29)15-17/h8-9,11-16,25H,5-7,10H2,1-4H3/b23-16-/t25-/m1/s1. The molecule has 4 rings (SSSR count). The molecule has 194 valence electrons. The van der Waals surface area contributed by atoms with Crippen molar-refractivity contribution in [3.63, 3.8) is 0 Å². The summed E-state index contributed by atoms with van der Waals surface area (Å²) in [5.74, 6) is 0.667. The number of carbonyl (C=O) groups is 1. The van der Waals surface area contributed by atoms with E-state index in [1.807, 2.05) is 44.2 Å². The number of esters is 1. The third-order valence-corrected chi connectivity index (χ3v) is 7.16. The number of fused-ring (bicyclic) bond motifs is 1. The van der Waals surface area contributed by atoms with Crippen molar-refractivity contribution in [1.82, 2.24) is 4.57 Å². The molecule has 0 fully saturated rings. The van der Waals surface area contributed by atoms with E-state index in [4.69, 9.17) is 30.8 Å². The highest BCUT2D eigenvalue weighted by Gasteiger charge is 2.35. The second-order valence-corrected chi connectivity index (χ2v) is 9.69. The summed E-state index contributed by atoms with van der Waals surface area (Å²) < 4.78 is 18.6. The number of para-hydroxylation sites is 1. The molecule has 1 aliphatic rings. The fourth-order valence-corrected chi connectivity index (χ4v) is 5.60. The highest BCUT2D eigenvalue weighted by atomic mass is 35.5. The average molecular weight is 541 g/mol. The van der Waals surface area contributed by atoms with Crippen LogP contribution in [0.4, 0.5) is 0 Å². The molecule has 37 heavy (non-hydrogen) atoms. The summed E-state index contributed by atoms with van der Waals surface area (Å²) in [6.07, 6.45) is 3.12. The van der Waals surface area contributed by atoms with Gasteiger partial charge in [-0.05, 0) is 50.1 Å². The second-order valence-electron chi connectivity index (χ2n) is 8.28. The predicted octanol–water partition coefficient (Wildman–Crippen LogP) is 4.64. The number of nitrogens with zero attached hydrogens (tertiary/aromatic N) is 2. The highest BCUT2D eigenvalue weighted by Crippen LogP contribution is 2.36. The van der Waals surface area contributed by atoms with Gasteiger partial charge < -0.3 is 14.2 Å². The number of halogens is 1. The van der Waals surface area contributed by atoms with Gasteiger partial charge in [-0.2, -0.15) is 0 Å². The molecule has 3 aromatic rings. The predicted molar refractivity (Wildman–Crippen MR) is 145 cm³/mol. The number of thiazole rings is 1. The minimum Gasteiger partial charge on any atom is -0.496 e. The van der Waals surface area contributed by atoms with Crippen LogP contribution in [0.1, 0.15) is 50.8 Å². The Morgan fingerprint density at radius 1 is 1.14 bits per heavy atom. The first-order valence-electron chi connectivity index (χ1n) is 12.2. The van der Waals surface area contributed by atoms with Crippen molar-refractivity contribution in [3.05, 3.63) is 89.6 Å². The van der Waals surface area contributed by atoms with E-state index in [1.165, 1.54) is 11.3 Å². The summed E-state index contributed by atoms with van der Waals surface area (Å²) >= 11 is 7.65. The molecular formula is C28H29ClN2O5S. The zero-order valence-corrected chi connectivity index (χ0v) is 22.8. The number of hydrogen-bond donors (Lipinski definition) is 0. The molecule has 2 aromatic carbocycles. The van der Waals surface area contributed by atoms with Gasteiger partial charge in [0.05, 0.1) is 41.1 Å². The first-order valence-corrected chi connectivity index (χ1v) is 13.4. The molecule has 0 saturated carbocycles. The van der Waals surface area contributed by atoms with Crippen LogP contribution in [0.5, 0.6) is 11.5 Å². The van der Waals surface area contributed by atoms with Crippen LogP contribution in [0.15, 0.2) is 63.5 Å². The van der Waals surface area contributed by atoms with Gasteiger partial charge in [-0.1, -0.05) is 60.5 Å². The lowest BCUT2D eigenvalue weighted by Gasteiger charge is -2.26. The van der Waals surface area contributed by atoms with Crippen molar-refractivity contribution < 1.29 is 19.0 Å². The number of allylic oxidation sites excluding steroid dienone is 1. The number of benzene rings is 2. The topological polar surface area (TPSA) is 79.1 Å². The number of hydrogen-bond acceptors (Lipinski definition) is 7. The van der Waals surface area contributed by atoms with Gasteiger partial charge >= 0.3 is 5.97 Å². The Morgan fingerprint density at radius 3 is 2.59 bits per heavy atom. The summed E-state index contributed by atoms with van der Waals surface area (Å²) in [6, 6.07) is 12.0. The van der Waals surface area contributed by atoms with Crippen molar-refractivity contribution in [2.24, 2.45) is 4.99 Å². The van der Waals surface area contributed by atoms with Gasteiger partial charge in [-0.15, -0.1) is 0 Å². The fraction of sp³-hybridized carbons (Fsp3) is 0.321. The van der Waals surface area contributed by atoms with Crippen LogP contribution in [0.3, 0.4) is 0 Å². The van der Waals surface area contributed by atoms with Gasteiger partial charge in [0.15, 0.2) is 4.80 Å². The summed E-state index contributed by atoms with van der Waals surface area (Å²) in [5, 5.41) is 0.463. The largest absolute Gasteiger partial charge is 0.496 e. The van der Waals surface area contributed by atoms with E-state index in [0.29, 0.717) is 55.7 Å². The minimum atomic E-state index is -0.737. The van der Waals surface area contributed by atoms with Gasteiger partial charge in [-0.3, -0.25) is 9.36 Å². The Balaban J connectivity index is 1.97. The first-order chi connectivity index (χ1) is 17.9. The quantitative estimate of drug-likeness (QED) is 0.369. The van der Waals surface area contributed by atoms with Gasteiger partial charge in [0.2, 0.25) is 0 Å². The van der Waals surface area contributed by atoms with Crippen LogP contribution in [0, 0.1) is 0 Å². The molecule has 0 N–H and O–H groups in total. The van der Waals surface area contributed by atoms with Gasteiger partial charge in [0, 0.05) is 5.56 Å². The molecule has 7 nitrogen and oxygen atoms in total. The Kier molecular flexibility index (Phi) is 8.51. The van der Waals surface area contributed by atoms with E-state index >= 15 is 0 Å². The number of ether oxygens (including phenoxy) is 3. The molecule has 0 bridgehead atoms. The molecule has 1 aliphatic heterocycles. The Bertz CT molecular complexity index is 1520. The molecule has 1 atom stereocenters. The second kappa shape index (κ2) is 11.8. The van der Waals surface area contributed by atoms with Crippen molar-refractivity contribution in [3.8, 4) is 11.5 Å². The van der Waals surface area contributed by atoms with Gasteiger partial charge in [0.1, 0.15) is 17.5 Å². The van der Waals surface area contributed by atoms with E-state index in [0.717, 1.165) is 12.0 Å². The van der Waals surface area contributed by atoms with Crippen LogP contribution >= 0.6 is 22.9 Å². The maximum Gasteiger partial charge on any atom is 0.338 e. The Labute approximate surface area is 224 Å². The van der Waals surface area contributed by atoms with Crippen molar-refractivity contribution in [2.45, 2.75) is 39.7 Å². The molecule has 0 unspecified atom stereocenters. The SMILES string of the molecule is CCCC1=C(C(=O)OCC)[C@@H](c2ccccc2OC)n2c(s/c(=C\c3ccc(OCC)c(Cl)c3)c2=O)=N1. The van der Waals surface area contributed by atoms with E-state index in [2.05, 4.69) is 0 Å². The summed E-state index contributed by atoms with van der Waals surface area (Å²) in [4.78, 5) is 32.4. The van der Waals surface area contributed by atoms with Crippen LogP contribution in [-0.4, -0.2) is 30.9 Å². The number of methoxy groups -OCH3 is 1. The monoisotopic (exact) mass is 540 g/mol. The lowest BCUT2D eigenvalue weighted by molar-refractivity contribution is -0.139. The molecule has 2 heterocycles. The molecule has 1 aromatic heterocycles. The molecule has 9 heteroatoms. The summed E-state index contributed by atoms with van der Waals surface area (Å²) in [7, 11) is 1.57. The normalized spacial score (nSPS) is 15.3. The molecule has 0 aliphatic carbocycles. The molecule has 0 amide bonds. The van der Waals surface area contributed by atoms with E-state index in [9.17, 15) is 9.59 Å². The smallest absolute Gasteiger partial charge is 0.338 e. The molecular weight excluding hydrogens is 512 g/mol. The lowest BCUT2D eigenvalue weighted by Crippen LogP contribution is -2.40. The van der Waals surface area contributed by atoms with Gasteiger partial charge in [-0.25, -0.2) is 9.79 Å². The zero-order chi connectivity index (χ0) is 26.5. The third kappa shape index (κ3) is 5.36. The number of carbonyl (C=O) groups excluding carboxylic acids is 1.